The Labute approximate surface area is 498 Å². The maximum atomic E-state index is 14.0. The summed E-state index contributed by atoms with van der Waals surface area (Å²) in [5.74, 6) is 0. The molecule has 0 radical (unpaired) electrons. The molecule has 392 valence electrons. The highest BCUT2D eigenvalue weighted by Gasteiger charge is 2.27. The predicted molar refractivity (Wildman–Crippen MR) is 366 cm³/mol. The van der Waals surface area contributed by atoms with Crippen molar-refractivity contribution in [3.8, 4) is 39.0 Å². The molecule has 18 rings (SSSR count). The first kappa shape index (κ1) is 49.3. The van der Waals surface area contributed by atoms with E-state index in [4.69, 9.17) is 0 Å². The lowest BCUT2D eigenvalue weighted by Crippen LogP contribution is -2.00. The number of thiophene rings is 8. The van der Waals surface area contributed by atoms with E-state index in [9.17, 15) is 19.2 Å². The Hall–Kier alpha value is -7.36. The second-order valence-corrected chi connectivity index (χ2v) is 30.6. The van der Waals surface area contributed by atoms with Gasteiger partial charge in [-0.25, -0.2) is 0 Å². The zero-order chi connectivity index (χ0) is 55.5. The van der Waals surface area contributed by atoms with Crippen molar-refractivity contribution in [3.05, 3.63) is 208 Å². The van der Waals surface area contributed by atoms with Gasteiger partial charge in [-0.15, -0.1) is 90.7 Å². The third-order valence-corrected chi connectivity index (χ3v) is 26.5. The molecule has 18 aromatic rings. The molecule has 0 saturated heterocycles. The third-order valence-electron chi connectivity index (χ3n) is 16.6. The zero-order valence-electron chi connectivity index (χ0n) is 44.6. The average Bonchev–Trinajstić information content (AvgIpc) is 2.15. The summed E-state index contributed by atoms with van der Waals surface area (Å²) >= 11 is 13.7. The average molecular weight is 1200 g/mol. The molecule has 0 spiro atoms. The maximum Gasteiger partial charge on any atom is 0.195 e. The van der Waals surface area contributed by atoms with E-state index in [0.717, 1.165) is 103 Å². The van der Waals surface area contributed by atoms with Gasteiger partial charge in [0.05, 0.1) is 0 Å². The Bertz CT molecular complexity index is 5700. The van der Waals surface area contributed by atoms with Crippen molar-refractivity contribution in [2.75, 3.05) is 0 Å². The molecule has 0 aliphatic heterocycles. The van der Waals surface area contributed by atoms with E-state index < -0.39 is 0 Å². The van der Waals surface area contributed by atoms with E-state index in [0.29, 0.717) is 10.8 Å². The molecule has 8 heterocycles. The zero-order valence-corrected chi connectivity index (χ0v) is 51.1. The fraction of sp³-hybridized carbons (Fsp3) is 0.0857. The summed E-state index contributed by atoms with van der Waals surface area (Å²) in [6.07, 6.45) is 0. The van der Waals surface area contributed by atoms with Crippen LogP contribution in [-0.2, 0) is 0 Å². The van der Waals surface area contributed by atoms with Gasteiger partial charge in [0, 0.05) is 141 Å². The molecule has 0 fully saturated rings. The number of rotatable bonds is 4. The predicted octanol–water partition coefficient (Wildman–Crippen LogP) is 21.4. The van der Waals surface area contributed by atoms with Crippen LogP contribution in [0.4, 0.5) is 0 Å². The largest absolute Gasteiger partial charge is 0.289 e. The Balaban J connectivity index is 0.000000130. The third kappa shape index (κ3) is 7.13. The number of benzene rings is 6. The van der Waals surface area contributed by atoms with Gasteiger partial charge in [0.1, 0.15) is 0 Å². The van der Waals surface area contributed by atoms with Crippen molar-refractivity contribution in [2.24, 2.45) is 0 Å². The van der Waals surface area contributed by atoms with Gasteiger partial charge in [0.15, 0.2) is 21.7 Å². The molecule has 10 aromatic carbocycles. The minimum atomic E-state index is 0.0600. The summed E-state index contributed by atoms with van der Waals surface area (Å²) in [6.45, 7) is 12.5. The van der Waals surface area contributed by atoms with Crippen LogP contribution in [0.15, 0.2) is 153 Å². The summed E-state index contributed by atoms with van der Waals surface area (Å²) in [5.41, 5.74) is 7.13. The molecular weight excluding hydrogens is 1160 g/mol. The van der Waals surface area contributed by atoms with Crippen molar-refractivity contribution >= 4 is 214 Å². The molecule has 0 saturated carbocycles. The first-order valence-corrected chi connectivity index (χ1v) is 33.3. The smallest absolute Gasteiger partial charge is 0.195 e. The molecule has 0 atom stereocenters. The highest BCUT2D eigenvalue weighted by Crippen LogP contribution is 2.50. The molecule has 12 heteroatoms. The molecule has 0 aliphatic rings. The van der Waals surface area contributed by atoms with E-state index in [2.05, 4.69) is 137 Å². The van der Waals surface area contributed by atoms with Crippen LogP contribution < -0.4 is 21.7 Å². The van der Waals surface area contributed by atoms with Gasteiger partial charge in [-0.05, 0) is 159 Å². The Morgan fingerprint density at radius 3 is 0.805 bits per heavy atom. The standard InChI is InChI=1S/C36H22O2S4.C34H18O2S4/c1-15-5-7-23-19(9-15)11-25(39-23)27-13-21-33(37)29-18(4)32-30(17(3)31(29)35(21)41-27)34(38)22-14-28(42-36(22)32)26-12-20-10-16(2)6-8-24(20)40-26;1-15-3-5-25-17(7-15)9-27(37-25)29-13-23-31(35)19-12-22-20(11-21(19)33(23)39-29)32(36)24-14-30(40-34(22)24)28-10-18-8-16(2)4-6-26(18)38-28/h5-14H,1-4H3;3-14H,1-2H3. The van der Waals surface area contributed by atoms with E-state index in [1.54, 1.807) is 90.7 Å². The number of aryl methyl sites for hydroxylation is 6. The van der Waals surface area contributed by atoms with Crippen LogP contribution in [0.1, 0.15) is 33.4 Å². The van der Waals surface area contributed by atoms with Gasteiger partial charge in [0.2, 0.25) is 0 Å². The van der Waals surface area contributed by atoms with Gasteiger partial charge < -0.3 is 0 Å². The van der Waals surface area contributed by atoms with Crippen LogP contribution in [0.5, 0.6) is 0 Å². The van der Waals surface area contributed by atoms with E-state index in [1.807, 2.05) is 38.1 Å². The molecular formula is C70H40O4S8. The fourth-order valence-corrected chi connectivity index (χ4v) is 22.0. The van der Waals surface area contributed by atoms with Gasteiger partial charge in [0.25, 0.3) is 0 Å². The van der Waals surface area contributed by atoms with E-state index in [-0.39, 0.29) is 21.7 Å². The van der Waals surface area contributed by atoms with Gasteiger partial charge in [-0.1, -0.05) is 70.8 Å². The summed E-state index contributed by atoms with van der Waals surface area (Å²) in [6, 6.07) is 47.2. The Kier molecular flexibility index (Phi) is 10.6. The van der Waals surface area contributed by atoms with Gasteiger partial charge in [-0.3, -0.25) is 19.2 Å². The van der Waals surface area contributed by atoms with Crippen LogP contribution in [0, 0.1) is 41.5 Å². The molecule has 0 amide bonds. The van der Waals surface area contributed by atoms with E-state index in [1.165, 1.54) is 82.1 Å². The van der Waals surface area contributed by atoms with Gasteiger partial charge >= 0.3 is 0 Å². The van der Waals surface area contributed by atoms with Crippen LogP contribution in [0.3, 0.4) is 0 Å². The van der Waals surface area contributed by atoms with Crippen LogP contribution >= 0.6 is 90.7 Å². The second kappa shape index (κ2) is 17.6. The maximum absolute atomic E-state index is 14.0. The number of hydrogen-bond acceptors (Lipinski definition) is 12. The van der Waals surface area contributed by atoms with Crippen molar-refractivity contribution in [1.82, 2.24) is 0 Å². The van der Waals surface area contributed by atoms with Crippen molar-refractivity contribution in [1.29, 1.82) is 0 Å². The summed E-state index contributed by atoms with van der Waals surface area (Å²) < 4.78 is 8.98. The lowest BCUT2D eigenvalue weighted by Gasteiger charge is -2.05. The summed E-state index contributed by atoms with van der Waals surface area (Å²) in [7, 11) is 0. The lowest BCUT2D eigenvalue weighted by atomic mass is 9.99. The van der Waals surface area contributed by atoms with Gasteiger partial charge in [-0.2, -0.15) is 0 Å². The molecule has 4 nitrogen and oxygen atoms in total. The number of hydrogen-bond donors (Lipinski definition) is 0. The fourth-order valence-electron chi connectivity index (χ4n) is 12.7. The van der Waals surface area contributed by atoms with Crippen molar-refractivity contribution < 1.29 is 0 Å². The highest BCUT2D eigenvalue weighted by molar-refractivity contribution is 7.31. The molecule has 82 heavy (non-hydrogen) atoms. The van der Waals surface area contributed by atoms with Crippen LogP contribution in [-0.4, -0.2) is 0 Å². The minimum absolute atomic E-state index is 0.0600. The SMILES string of the molecule is Cc1ccc2sc(-c3cc4c(=O)c5c(C)c6c(c(C)c5c4s3)c(=O)c3cc(-c4cc5cc(C)ccc5s4)sc36)cc2c1.Cc1ccc2sc(-c3cc4c(=O)c5cc6c(cc5c4s3)c(=O)c3cc(-c4cc5cc(C)ccc5s4)sc36)cc2c1. The molecule has 8 aromatic heterocycles. The van der Waals surface area contributed by atoms with Crippen molar-refractivity contribution in [2.45, 2.75) is 41.5 Å². The Morgan fingerprint density at radius 1 is 0.232 bits per heavy atom. The lowest BCUT2D eigenvalue weighted by molar-refractivity contribution is 1.51. The Morgan fingerprint density at radius 2 is 0.500 bits per heavy atom. The summed E-state index contributed by atoms with van der Waals surface area (Å²) in [4.78, 5) is 64.4. The van der Waals surface area contributed by atoms with Crippen molar-refractivity contribution in [3.63, 3.8) is 0 Å². The summed E-state index contributed by atoms with van der Waals surface area (Å²) in [5, 5.41) is 14.7. The van der Waals surface area contributed by atoms with Crippen LogP contribution in [0.25, 0.3) is 163 Å². The second-order valence-electron chi connectivity index (χ2n) is 22.0. The first-order valence-electron chi connectivity index (χ1n) is 26.8. The molecule has 0 N–H and O–H groups in total. The minimum Gasteiger partial charge on any atom is -0.289 e. The van der Waals surface area contributed by atoms with E-state index >= 15 is 0 Å². The monoisotopic (exact) mass is 1200 g/mol. The van der Waals surface area contributed by atoms with Crippen LogP contribution in [0.2, 0.25) is 0 Å². The quantitative estimate of drug-likeness (QED) is 0.176. The molecule has 0 unspecified atom stereocenters. The molecule has 0 bridgehead atoms. The number of fused-ring (bicyclic) bond motifs is 16. The normalized spacial score (nSPS) is 12.5. The topological polar surface area (TPSA) is 68.3 Å². The first-order chi connectivity index (χ1) is 39.7. The highest BCUT2D eigenvalue weighted by atomic mass is 32.1. The molecule has 0 aliphatic carbocycles.